The first-order chi connectivity index (χ1) is 8.92. The second-order valence-corrected chi connectivity index (χ2v) is 5.78. The fourth-order valence-corrected chi connectivity index (χ4v) is 3.24. The second-order valence-electron chi connectivity index (χ2n) is 5.78. The van der Waals surface area contributed by atoms with Crippen LogP contribution in [0.3, 0.4) is 0 Å². The maximum atomic E-state index is 5.44. The highest BCUT2D eigenvalue weighted by Crippen LogP contribution is 2.32. The second kappa shape index (κ2) is 7.25. The highest BCUT2D eigenvalue weighted by molar-refractivity contribution is 5.85. The number of hydrogen-bond acceptors (Lipinski definition) is 4. The van der Waals surface area contributed by atoms with Crippen LogP contribution in [0.25, 0.3) is 0 Å². The highest BCUT2D eigenvalue weighted by atomic mass is 35.5. The Morgan fingerprint density at radius 2 is 1.89 bits per heavy atom. The molecule has 1 unspecified atom stereocenters. The molecule has 1 saturated carbocycles. The van der Waals surface area contributed by atoms with Gasteiger partial charge in [0.2, 0.25) is 5.89 Å². The summed E-state index contributed by atoms with van der Waals surface area (Å²) in [5.74, 6) is 3.12. The van der Waals surface area contributed by atoms with Crippen LogP contribution in [0.2, 0.25) is 0 Å². The van der Waals surface area contributed by atoms with Crippen LogP contribution in [0.5, 0.6) is 0 Å². The number of halogens is 1. The van der Waals surface area contributed by atoms with Crippen LogP contribution in [0.15, 0.2) is 4.52 Å². The van der Waals surface area contributed by atoms with Gasteiger partial charge in [-0.3, -0.25) is 0 Å². The lowest BCUT2D eigenvalue weighted by Gasteiger charge is -2.09. The summed E-state index contributed by atoms with van der Waals surface area (Å²) >= 11 is 0. The molecule has 4 nitrogen and oxygen atoms in total. The first-order valence-corrected chi connectivity index (χ1v) is 7.45. The van der Waals surface area contributed by atoms with Crippen molar-refractivity contribution in [1.29, 1.82) is 0 Å². The van der Waals surface area contributed by atoms with Gasteiger partial charge in [0.25, 0.3) is 0 Å². The van der Waals surface area contributed by atoms with E-state index in [1.165, 1.54) is 44.9 Å². The quantitative estimate of drug-likeness (QED) is 0.927. The van der Waals surface area contributed by atoms with Crippen molar-refractivity contribution in [3.8, 4) is 0 Å². The number of aromatic nitrogens is 2. The molecule has 1 aliphatic heterocycles. The predicted molar refractivity (Wildman–Crippen MR) is 76.7 cm³/mol. The SMILES string of the molecule is C1CNCCC(Cc2nc(C3CCCC3)no2)C1.Cl. The summed E-state index contributed by atoms with van der Waals surface area (Å²) < 4.78 is 5.44. The van der Waals surface area contributed by atoms with Gasteiger partial charge in [-0.2, -0.15) is 4.98 Å². The molecule has 0 aromatic carbocycles. The number of nitrogens with zero attached hydrogens (tertiary/aromatic N) is 2. The van der Waals surface area contributed by atoms with E-state index in [1.807, 2.05) is 0 Å². The first kappa shape index (κ1) is 14.8. The standard InChI is InChI=1S/C14H23N3O.ClH/c1-2-6-12(5-1)14-16-13(18-17-14)10-11-4-3-8-15-9-7-11;/h11-12,15H,1-10H2;1H. The van der Waals surface area contributed by atoms with E-state index < -0.39 is 0 Å². The Morgan fingerprint density at radius 3 is 2.74 bits per heavy atom. The van der Waals surface area contributed by atoms with Crippen molar-refractivity contribution in [2.24, 2.45) is 5.92 Å². The van der Waals surface area contributed by atoms with Crippen LogP contribution in [0, 0.1) is 5.92 Å². The van der Waals surface area contributed by atoms with Gasteiger partial charge in [0.1, 0.15) is 0 Å². The molecule has 0 bridgehead atoms. The maximum absolute atomic E-state index is 5.44. The molecule has 1 saturated heterocycles. The van der Waals surface area contributed by atoms with Crippen molar-refractivity contribution in [3.63, 3.8) is 0 Å². The van der Waals surface area contributed by atoms with Crippen LogP contribution < -0.4 is 5.32 Å². The zero-order valence-electron chi connectivity index (χ0n) is 11.4. The monoisotopic (exact) mass is 285 g/mol. The van der Waals surface area contributed by atoms with Gasteiger partial charge in [-0.15, -0.1) is 12.4 Å². The Hall–Kier alpha value is -0.610. The Balaban J connectivity index is 0.00000133. The zero-order chi connectivity index (χ0) is 12.2. The Morgan fingerprint density at radius 1 is 1.05 bits per heavy atom. The lowest BCUT2D eigenvalue weighted by molar-refractivity contribution is 0.337. The van der Waals surface area contributed by atoms with E-state index in [9.17, 15) is 0 Å². The van der Waals surface area contributed by atoms with E-state index >= 15 is 0 Å². The van der Waals surface area contributed by atoms with Crippen molar-refractivity contribution in [2.75, 3.05) is 13.1 Å². The van der Waals surface area contributed by atoms with Crippen LogP contribution >= 0.6 is 12.4 Å². The van der Waals surface area contributed by atoms with Crippen LogP contribution in [0.4, 0.5) is 0 Å². The molecule has 1 aliphatic carbocycles. The zero-order valence-corrected chi connectivity index (χ0v) is 12.3. The minimum absolute atomic E-state index is 0. The molecule has 1 aromatic rings. The topological polar surface area (TPSA) is 51.0 Å². The van der Waals surface area contributed by atoms with Gasteiger partial charge in [0, 0.05) is 12.3 Å². The van der Waals surface area contributed by atoms with E-state index in [-0.39, 0.29) is 12.4 Å². The van der Waals surface area contributed by atoms with E-state index in [4.69, 9.17) is 4.52 Å². The average molecular weight is 286 g/mol. The van der Waals surface area contributed by atoms with E-state index in [1.54, 1.807) is 0 Å². The van der Waals surface area contributed by atoms with Crippen LogP contribution in [0.1, 0.15) is 62.6 Å². The van der Waals surface area contributed by atoms with E-state index in [0.717, 1.165) is 37.1 Å². The summed E-state index contributed by atoms with van der Waals surface area (Å²) in [4.78, 5) is 4.62. The van der Waals surface area contributed by atoms with E-state index in [0.29, 0.717) is 5.92 Å². The Kier molecular flexibility index (Phi) is 5.64. The number of rotatable bonds is 3. The number of nitrogens with one attached hydrogen (secondary N) is 1. The predicted octanol–water partition coefficient (Wildman–Crippen LogP) is 3.08. The van der Waals surface area contributed by atoms with Crippen molar-refractivity contribution in [1.82, 2.24) is 15.5 Å². The van der Waals surface area contributed by atoms with Crippen molar-refractivity contribution in [2.45, 2.75) is 57.3 Å². The molecule has 1 aromatic heterocycles. The van der Waals surface area contributed by atoms with Gasteiger partial charge in [-0.25, -0.2) is 0 Å². The normalized spacial score (nSPS) is 24.9. The third-order valence-electron chi connectivity index (χ3n) is 4.36. The lowest BCUT2D eigenvalue weighted by Crippen LogP contribution is -2.14. The molecule has 5 heteroatoms. The highest BCUT2D eigenvalue weighted by Gasteiger charge is 2.23. The summed E-state index contributed by atoms with van der Waals surface area (Å²) in [7, 11) is 0. The van der Waals surface area contributed by atoms with Gasteiger partial charge < -0.3 is 9.84 Å². The smallest absolute Gasteiger partial charge is 0.226 e. The summed E-state index contributed by atoms with van der Waals surface area (Å²) in [5.41, 5.74) is 0. The first-order valence-electron chi connectivity index (χ1n) is 7.45. The average Bonchev–Trinajstić information content (AvgIpc) is 2.98. The van der Waals surface area contributed by atoms with Gasteiger partial charge >= 0.3 is 0 Å². The third kappa shape index (κ3) is 3.93. The molecule has 2 aliphatic rings. The Bertz CT molecular complexity index is 369. The molecule has 1 N–H and O–H groups in total. The largest absolute Gasteiger partial charge is 0.339 e. The van der Waals surface area contributed by atoms with Gasteiger partial charge in [0.05, 0.1) is 0 Å². The Labute approximate surface area is 121 Å². The van der Waals surface area contributed by atoms with Gasteiger partial charge in [0.15, 0.2) is 5.82 Å². The fourth-order valence-electron chi connectivity index (χ4n) is 3.24. The summed E-state index contributed by atoms with van der Waals surface area (Å²) in [6.07, 6.45) is 9.90. The maximum Gasteiger partial charge on any atom is 0.226 e. The van der Waals surface area contributed by atoms with Gasteiger partial charge in [-0.05, 0) is 51.1 Å². The molecule has 1 atom stereocenters. The minimum atomic E-state index is 0. The van der Waals surface area contributed by atoms with Crippen molar-refractivity contribution < 1.29 is 4.52 Å². The molecule has 19 heavy (non-hydrogen) atoms. The van der Waals surface area contributed by atoms with Gasteiger partial charge in [-0.1, -0.05) is 18.0 Å². The molecule has 0 radical (unpaired) electrons. The number of hydrogen-bond donors (Lipinski definition) is 1. The summed E-state index contributed by atoms with van der Waals surface area (Å²) in [6.45, 7) is 2.29. The molecule has 3 rings (SSSR count). The fraction of sp³-hybridized carbons (Fsp3) is 0.857. The minimum Gasteiger partial charge on any atom is -0.339 e. The van der Waals surface area contributed by atoms with E-state index in [2.05, 4.69) is 15.5 Å². The lowest BCUT2D eigenvalue weighted by atomic mass is 9.97. The van der Waals surface area contributed by atoms with Crippen LogP contribution in [-0.2, 0) is 6.42 Å². The van der Waals surface area contributed by atoms with Crippen molar-refractivity contribution in [3.05, 3.63) is 11.7 Å². The molecular formula is C14H24ClN3O. The van der Waals surface area contributed by atoms with Crippen LogP contribution in [-0.4, -0.2) is 23.2 Å². The molecule has 0 amide bonds. The molecule has 2 heterocycles. The molecule has 108 valence electrons. The summed E-state index contributed by atoms with van der Waals surface area (Å²) in [6, 6.07) is 0. The van der Waals surface area contributed by atoms with Crippen molar-refractivity contribution >= 4 is 12.4 Å². The molecule has 0 spiro atoms. The third-order valence-corrected chi connectivity index (χ3v) is 4.36. The molecular weight excluding hydrogens is 262 g/mol. The summed E-state index contributed by atoms with van der Waals surface area (Å²) in [5, 5.41) is 7.63. The molecule has 2 fully saturated rings.